The number of carbonyl (C=O) groups excluding carboxylic acids is 1. The highest BCUT2D eigenvalue weighted by molar-refractivity contribution is 5.86. The quantitative estimate of drug-likeness (QED) is 0.358. The number of allylic oxidation sites excluding steroid dienone is 1. The first-order chi connectivity index (χ1) is 8.58. The number of nitrogens with zero attached hydrogens (tertiary/aromatic N) is 1. The second kappa shape index (κ2) is 4.96. The molecular formula is C12H18N2O4. The van der Waals surface area contributed by atoms with Crippen molar-refractivity contribution >= 4 is 5.97 Å². The van der Waals surface area contributed by atoms with Crippen molar-refractivity contribution in [3.05, 3.63) is 21.5 Å². The van der Waals surface area contributed by atoms with Crippen molar-refractivity contribution < 1.29 is 14.5 Å². The molecule has 0 aromatic rings. The maximum atomic E-state index is 11.6. The van der Waals surface area contributed by atoms with Crippen LogP contribution in [0.1, 0.15) is 39.0 Å². The first kappa shape index (κ1) is 12.9. The molecule has 6 heteroatoms. The Labute approximate surface area is 106 Å². The van der Waals surface area contributed by atoms with Crippen LogP contribution in [-0.4, -0.2) is 24.0 Å². The molecule has 0 radical (unpaired) electrons. The van der Waals surface area contributed by atoms with Crippen LogP contribution in [-0.2, 0) is 9.53 Å². The molecule has 6 nitrogen and oxygen atoms in total. The van der Waals surface area contributed by atoms with Crippen molar-refractivity contribution in [3.8, 4) is 0 Å². The highest BCUT2D eigenvalue weighted by Gasteiger charge is 2.43. The van der Waals surface area contributed by atoms with Gasteiger partial charge in [-0.3, -0.25) is 10.1 Å². The lowest BCUT2D eigenvalue weighted by atomic mass is 9.85. The van der Waals surface area contributed by atoms with Crippen LogP contribution in [0.15, 0.2) is 11.4 Å². The monoisotopic (exact) mass is 254 g/mol. The van der Waals surface area contributed by atoms with E-state index in [9.17, 15) is 14.9 Å². The van der Waals surface area contributed by atoms with Crippen LogP contribution in [0.2, 0.25) is 0 Å². The highest BCUT2D eigenvalue weighted by atomic mass is 16.6. The summed E-state index contributed by atoms with van der Waals surface area (Å²) in [7, 11) is 0. The lowest BCUT2D eigenvalue weighted by molar-refractivity contribution is -0.422. The smallest absolute Gasteiger partial charge is 0.411 e. The Morgan fingerprint density at radius 1 is 1.50 bits per heavy atom. The second-order valence-electron chi connectivity index (χ2n) is 5.04. The van der Waals surface area contributed by atoms with Crippen LogP contribution in [0.5, 0.6) is 0 Å². The van der Waals surface area contributed by atoms with Crippen LogP contribution in [0.25, 0.3) is 0 Å². The molecule has 1 spiro atoms. The number of nitro groups is 1. The number of ether oxygens (including phenoxy) is 1. The van der Waals surface area contributed by atoms with Gasteiger partial charge in [-0.05, 0) is 25.2 Å². The van der Waals surface area contributed by atoms with Gasteiger partial charge in [-0.1, -0.05) is 12.8 Å². The molecule has 1 aliphatic heterocycles. The van der Waals surface area contributed by atoms with Crippen molar-refractivity contribution in [3.63, 3.8) is 0 Å². The normalized spacial score (nSPS) is 23.8. The summed E-state index contributed by atoms with van der Waals surface area (Å²) in [6.45, 7) is 2.52. The Bertz CT molecular complexity index is 397. The number of hydrogen-bond acceptors (Lipinski definition) is 5. The summed E-state index contributed by atoms with van der Waals surface area (Å²) in [5.41, 5.74) is 0.157. The topological polar surface area (TPSA) is 81.5 Å². The molecule has 1 saturated heterocycles. The van der Waals surface area contributed by atoms with Crippen LogP contribution >= 0.6 is 0 Å². The van der Waals surface area contributed by atoms with Crippen molar-refractivity contribution in [1.29, 1.82) is 0 Å². The molecule has 1 saturated carbocycles. The van der Waals surface area contributed by atoms with E-state index in [4.69, 9.17) is 4.74 Å². The molecule has 0 atom stereocenters. The number of hydrogen-bond donors (Lipinski definition) is 1. The molecule has 0 aromatic carbocycles. The minimum Gasteiger partial charge on any atom is -0.458 e. The summed E-state index contributed by atoms with van der Waals surface area (Å²) in [5, 5.41) is 14.1. The minimum absolute atomic E-state index is 0.128. The zero-order chi connectivity index (χ0) is 13.2. The van der Waals surface area contributed by atoms with Crippen LogP contribution in [0.4, 0.5) is 0 Å². The fraction of sp³-hybridized carbons (Fsp3) is 0.750. The summed E-state index contributed by atoms with van der Waals surface area (Å²) in [6, 6.07) is 0. The second-order valence-corrected chi connectivity index (χ2v) is 5.04. The van der Waals surface area contributed by atoms with Gasteiger partial charge < -0.3 is 10.1 Å². The SMILES string of the molecule is CCOC(=O)/C(=C1\CC2(CCCC2)CN1)[N+](=O)[O-]. The molecule has 2 aliphatic rings. The zero-order valence-electron chi connectivity index (χ0n) is 10.5. The zero-order valence-corrected chi connectivity index (χ0v) is 10.5. The van der Waals surface area contributed by atoms with E-state index in [0.717, 1.165) is 19.4 Å². The molecule has 1 aliphatic carbocycles. The molecule has 0 unspecified atom stereocenters. The summed E-state index contributed by atoms with van der Waals surface area (Å²) in [5.74, 6) is -0.833. The van der Waals surface area contributed by atoms with Gasteiger partial charge in [-0.15, -0.1) is 0 Å². The maximum absolute atomic E-state index is 11.6. The van der Waals surface area contributed by atoms with Crippen molar-refractivity contribution in [1.82, 2.24) is 5.32 Å². The molecule has 2 fully saturated rings. The Kier molecular flexibility index (Phi) is 3.54. The number of esters is 1. The molecule has 0 aromatic heterocycles. The van der Waals surface area contributed by atoms with Crippen LogP contribution in [0, 0.1) is 15.5 Å². The highest BCUT2D eigenvalue weighted by Crippen LogP contribution is 2.46. The molecule has 0 amide bonds. The largest absolute Gasteiger partial charge is 0.458 e. The van der Waals surface area contributed by atoms with Crippen molar-refractivity contribution in [2.75, 3.05) is 13.2 Å². The number of rotatable bonds is 3. The van der Waals surface area contributed by atoms with E-state index < -0.39 is 16.6 Å². The van der Waals surface area contributed by atoms with Crippen LogP contribution < -0.4 is 5.32 Å². The first-order valence-corrected chi connectivity index (χ1v) is 6.36. The van der Waals surface area contributed by atoms with Crippen LogP contribution in [0.3, 0.4) is 0 Å². The fourth-order valence-electron chi connectivity index (χ4n) is 2.95. The number of carbonyl (C=O) groups is 1. The summed E-state index contributed by atoms with van der Waals surface area (Å²) in [6.07, 6.45) is 5.10. The Balaban J connectivity index is 2.22. The lowest BCUT2D eigenvalue weighted by Crippen LogP contribution is -2.21. The minimum atomic E-state index is -0.833. The maximum Gasteiger partial charge on any atom is 0.411 e. The average Bonchev–Trinajstić information content (AvgIpc) is 2.90. The van der Waals surface area contributed by atoms with E-state index in [1.165, 1.54) is 12.8 Å². The molecule has 1 N–H and O–H groups in total. The predicted octanol–water partition coefficient (Wildman–Crippen LogP) is 1.59. The van der Waals surface area contributed by atoms with Gasteiger partial charge in [0, 0.05) is 13.0 Å². The van der Waals surface area contributed by atoms with E-state index in [0.29, 0.717) is 12.1 Å². The Hall–Kier alpha value is -1.59. The van der Waals surface area contributed by atoms with E-state index in [1.807, 2.05) is 0 Å². The fourth-order valence-corrected chi connectivity index (χ4v) is 2.95. The van der Waals surface area contributed by atoms with Gasteiger partial charge in [-0.25, -0.2) is 4.79 Å². The summed E-state index contributed by atoms with van der Waals surface area (Å²) >= 11 is 0. The molecule has 1 heterocycles. The third-order valence-corrected chi connectivity index (χ3v) is 3.83. The summed E-state index contributed by atoms with van der Waals surface area (Å²) in [4.78, 5) is 22.0. The van der Waals surface area contributed by atoms with E-state index in [-0.39, 0.29) is 12.0 Å². The van der Waals surface area contributed by atoms with Gasteiger partial charge in [0.25, 0.3) is 0 Å². The molecule has 100 valence electrons. The van der Waals surface area contributed by atoms with Gasteiger partial charge >= 0.3 is 11.7 Å². The molecular weight excluding hydrogens is 236 g/mol. The van der Waals surface area contributed by atoms with Gasteiger partial charge in [0.2, 0.25) is 0 Å². The van der Waals surface area contributed by atoms with Crippen molar-refractivity contribution in [2.45, 2.75) is 39.0 Å². The molecule has 2 rings (SSSR count). The van der Waals surface area contributed by atoms with Gasteiger partial charge in [-0.2, -0.15) is 0 Å². The average molecular weight is 254 g/mol. The first-order valence-electron chi connectivity index (χ1n) is 6.36. The van der Waals surface area contributed by atoms with Gasteiger partial charge in [0.15, 0.2) is 0 Å². The number of nitrogens with one attached hydrogen (secondary N) is 1. The molecule has 0 bridgehead atoms. The Morgan fingerprint density at radius 3 is 2.72 bits per heavy atom. The van der Waals surface area contributed by atoms with E-state index in [1.54, 1.807) is 6.92 Å². The third-order valence-electron chi connectivity index (χ3n) is 3.83. The van der Waals surface area contributed by atoms with Gasteiger partial charge in [0.1, 0.15) is 0 Å². The summed E-state index contributed by atoms with van der Waals surface area (Å²) < 4.78 is 4.75. The van der Waals surface area contributed by atoms with E-state index in [2.05, 4.69) is 5.32 Å². The van der Waals surface area contributed by atoms with Gasteiger partial charge in [0.05, 0.1) is 17.2 Å². The van der Waals surface area contributed by atoms with Crippen molar-refractivity contribution in [2.24, 2.45) is 5.41 Å². The standard InChI is InChI=1S/C12H18N2O4/c1-2-18-11(15)10(14(16)17)9-7-12(8-13-9)5-3-4-6-12/h13H,2-8H2,1H3/b10-9-. The van der Waals surface area contributed by atoms with E-state index >= 15 is 0 Å². The predicted molar refractivity (Wildman–Crippen MR) is 64.2 cm³/mol. The Morgan fingerprint density at radius 2 is 2.17 bits per heavy atom. The lowest BCUT2D eigenvalue weighted by Gasteiger charge is -2.19. The molecule has 18 heavy (non-hydrogen) atoms. The third kappa shape index (κ3) is 2.32.